The zero-order chi connectivity index (χ0) is 13.8. The van der Waals surface area contributed by atoms with E-state index >= 15 is 0 Å². The lowest BCUT2D eigenvalue weighted by Crippen LogP contribution is -2.08. The van der Waals surface area contributed by atoms with Gasteiger partial charge in [0.15, 0.2) is 0 Å². The minimum absolute atomic E-state index is 0.265. The number of rotatable bonds is 3. The number of nitrogens with zero attached hydrogens (tertiary/aromatic N) is 2. The minimum Gasteiger partial charge on any atom is -0.322 e. The van der Waals surface area contributed by atoms with Crippen LogP contribution in [0.2, 0.25) is 0 Å². The highest BCUT2D eigenvalue weighted by molar-refractivity contribution is 6.02. The minimum atomic E-state index is -0.318. The van der Waals surface area contributed by atoms with Crippen LogP contribution in [0.4, 0.5) is 10.1 Å². The average Bonchev–Trinajstić information content (AvgIpc) is 2.76. The largest absolute Gasteiger partial charge is 0.322 e. The van der Waals surface area contributed by atoms with Crippen molar-refractivity contribution < 1.29 is 9.18 Å². The van der Waals surface area contributed by atoms with Gasteiger partial charge in [-0.25, -0.2) is 4.39 Å². The van der Waals surface area contributed by atoms with E-state index in [1.807, 2.05) is 0 Å². The summed E-state index contributed by atoms with van der Waals surface area (Å²) in [6.07, 6.45) is 6.54. The van der Waals surface area contributed by atoms with Crippen LogP contribution in [0.15, 0.2) is 36.7 Å². The molecular formula is C14H14FN3O. The predicted molar refractivity (Wildman–Crippen MR) is 72.0 cm³/mol. The second-order valence-electron chi connectivity index (χ2n) is 4.23. The number of anilines is 1. The molecule has 1 heterocycles. The second-order valence-corrected chi connectivity index (χ2v) is 4.23. The van der Waals surface area contributed by atoms with Crippen LogP contribution < -0.4 is 5.32 Å². The monoisotopic (exact) mass is 259 g/mol. The highest BCUT2D eigenvalue weighted by Gasteiger charge is 2.02. The Labute approximate surface area is 110 Å². The van der Waals surface area contributed by atoms with Gasteiger partial charge in [-0.15, -0.1) is 0 Å². The number of aryl methyl sites for hydroxylation is 2. The first-order valence-electron chi connectivity index (χ1n) is 5.78. The van der Waals surface area contributed by atoms with E-state index in [2.05, 4.69) is 10.4 Å². The zero-order valence-electron chi connectivity index (χ0n) is 10.7. The maximum Gasteiger partial charge on any atom is 0.248 e. The number of amides is 1. The molecule has 1 amide bonds. The third-order valence-corrected chi connectivity index (χ3v) is 2.60. The first kappa shape index (κ1) is 13.0. The summed E-state index contributed by atoms with van der Waals surface area (Å²) >= 11 is 0. The van der Waals surface area contributed by atoms with E-state index in [-0.39, 0.29) is 11.7 Å². The van der Waals surface area contributed by atoms with E-state index in [0.29, 0.717) is 11.3 Å². The van der Waals surface area contributed by atoms with E-state index in [4.69, 9.17) is 0 Å². The maximum atomic E-state index is 12.9. The van der Waals surface area contributed by atoms with Gasteiger partial charge >= 0.3 is 0 Å². The number of benzene rings is 1. The molecule has 98 valence electrons. The first-order valence-corrected chi connectivity index (χ1v) is 5.78. The Morgan fingerprint density at radius 2 is 2.26 bits per heavy atom. The summed E-state index contributed by atoms with van der Waals surface area (Å²) in [7, 11) is 1.80. The quantitative estimate of drug-likeness (QED) is 0.861. The molecule has 2 rings (SSSR count). The Morgan fingerprint density at radius 1 is 1.47 bits per heavy atom. The molecular weight excluding hydrogens is 245 g/mol. The third kappa shape index (κ3) is 3.51. The van der Waals surface area contributed by atoms with Crippen molar-refractivity contribution in [3.8, 4) is 0 Å². The van der Waals surface area contributed by atoms with Crippen LogP contribution in [0.5, 0.6) is 0 Å². The topological polar surface area (TPSA) is 46.9 Å². The molecule has 1 aromatic carbocycles. The predicted octanol–water partition coefficient (Wildman–Crippen LogP) is 2.52. The zero-order valence-corrected chi connectivity index (χ0v) is 10.7. The lowest BCUT2D eigenvalue weighted by atomic mass is 10.2. The molecule has 2 aromatic rings. The van der Waals surface area contributed by atoms with Crippen molar-refractivity contribution in [3.63, 3.8) is 0 Å². The van der Waals surface area contributed by atoms with Gasteiger partial charge in [0.25, 0.3) is 0 Å². The third-order valence-electron chi connectivity index (χ3n) is 2.60. The molecule has 0 saturated carbocycles. The van der Waals surface area contributed by atoms with Gasteiger partial charge in [-0.05, 0) is 36.8 Å². The van der Waals surface area contributed by atoms with Crippen molar-refractivity contribution in [1.82, 2.24) is 9.78 Å². The smallest absolute Gasteiger partial charge is 0.248 e. The Balaban J connectivity index is 2.03. The summed E-state index contributed by atoms with van der Waals surface area (Å²) < 4.78 is 14.6. The van der Waals surface area contributed by atoms with Gasteiger partial charge < -0.3 is 5.32 Å². The molecule has 0 spiro atoms. The van der Waals surface area contributed by atoms with Gasteiger partial charge in [0.2, 0.25) is 5.91 Å². The Kier molecular flexibility index (Phi) is 3.75. The number of nitrogens with one attached hydrogen (secondary N) is 1. The van der Waals surface area contributed by atoms with Crippen LogP contribution in [-0.4, -0.2) is 15.7 Å². The van der Waals surface area contributed by atoms with Crippen LogP contribution in [-0.2, 0) is 11.8 Å². The van der Waals surface area contributed by atoms with E-state index in [1.54, 1.807) is 43.2 Å². The number of halogens is 1. The summed E-state index contributed by atoms with van der Waals surface area (Å²) in [4.78, 5) is 11.7. The molecule has 0 saturated heterocycles. The molecule has 0 aliphatic heterocycles. The maximum absolute atomic E-state index is 12.9. The Bertz CT molecular complexity index is 631. The lowest BCUT2D eigenvalue weighted by molar-refractivity contribution is -0.111. The van der Waals surface area contributed by atoms with Crippen LogP contribution in [0.3, 0.4) is 0 Å². The molecule has 1 aromatic heterocycles. The second kappa shape index (κ2) is 5.48. The lowest BCUT2D eigenvalue weighted by Gasteiger charge is -2.05. The molecule has 19 heavy (non-hydrogen) atoms. The Morgan fingerprint density at radius 3 is 2.89 bits per heavy atom. The fourth-order valence-electron chi connectivity index (χ4n) is 1.64. The standard InChI is InChI=1S/C14H14FN3O/c1-10-7-12(15)4-5-13(10)17-14(19)6-3-11-8-16-18(2)9-11/h3-9H,1-2H3,(H,17,19)/b6-3+. The van der Waals surface area contributed by atoms with Crippen molar-refractivity contribution in [2.45, 2.75) is 6.92 Å². The van der Waals surface area contributed by atoms with Crippen molar-refractivity contribution in [2.24, 2.45) is 7.05 Å². The number of hydrogen-bond donors (Lipinski definition) is 1. The molecule has 4 nitrogen and oxygen atoms in total. The summed E-state index contributed by atoms with van der Waals surface area (Å²) in [6, 6.07) is 4.23. The Hall–Kier alpha value is -2.43. The SMILES string of the molecule is Cc1cc(F)ccc1NC(=O)/C=C/c1cnn(C)c1. The van der Waals surface area contributed by atoms with Crippen molar-refractivity contribution in [2.75, 3.05) is 5.32 Å². The van der Waals surface area contributed by atoms with E-state index in [1.165, 1.54) is 18.2 Å². The van der Waals surface area contributed by atoms with Crippen LogP contribution in [0, 0.1) is 12.7 Å². The van der Waals surface area contributed by atoms with Crippen molar-refractivity contribution in [3.05, 3.63) is 53.6 Å². The molecule has 1 N–H and O–H groups in total. The molecule has 0 unspecified atom stereocenters. The normalized spacial score (nSPS) is 10.9. The molecule has 0 aliphatic carbocycles. The number of carbonyl (C=O) groups is 1. The van der Waals surface area contributed by atoms with Gasteiger partial charge in [0.05, 0.1) is 6.20 Å². The molecule has 5 heteroatoms. The summed E-state index contributed by atoms with van der Waals surface area (Å²) in [5.74, 6) is -0.583. The van der Waals surface area contributed by atoms with Gasteiger partial charge in [-0.2, -0.15) is 5.10 Å². The van der Waals surface area contributed by atoms with Crippen molar-refractivity contribution in [1.29, 1.82) is 0 Å². The summed E-state index contributed by atoms with van der Waals surface area (Å²) in [5, 5.41) is 6.69. The van der Waals surface area contributed by atoms with Gasteiger partial charge in [-0.3, -0.25) is 9.48 Å². The molecule has 0 aliphatic rings. The first-order chi connectivity index (χ1) is 9.04. The molecule has 0 fully saturated rings. The molecule has 0 bridgehead atoms. The fourth-order valence-corrected chi connectivity index (χ4v) is 1.64. The van der Waals surface area contributed by atoms with Gasteiger partial charge in [0.1, 0.15) is 5.82 Å². The van der Waals surface area contributed by atoms with E-state index < -0.39 is 0 Å². The van der Waals surface area contributed by atoms with Gasteiger partial charge in [-0.1, -0.05) is 0 Å². The number of carbonyl (C=O) groups excluding carboxylic acids is 1. The fraction of sp³-hybridized carbons (Fsp3) is 0.143. The summed E-state index contributed by atoms with van der Waals surface area (Å²) in [5.41, 5.74) is 2.12. The van der Waals surface area contributed by atoms with E-state index in [9.17, 15) is 9.18 Å². The highest BCUT2D eigenvalue weighted by Crippen LogP contribution is 2.15. The van der Waals surface area contributed by atoms with Crippen LogP contribution >= 0.6 is 0 Å². The molecule has 0 atom stereocenters. The van der Waals surface area contributed by atoms with Gasteiger partial charge in [0, 0.05) is 30.6 Å². The average molecular weight is 259 g/mol. The van der Waals surface area contributed by atoms with Crippen molar-refractivity contribution >= 4 is 17.7 Å². The van der Waals surface area contributed by atoms with Crippen LogP contribution in [0.1, 0.15) is 11.1 Å². The van der Waals surface area contributed by atoms with E-state index in [0.717, 1.165) is 5.56 Å². The number of hydrogen-bond acceptors (Lipinski definition) is 2. The van der Waals surface area contributed by atoms with Crippen LogP contribution in [0.25, 0.3) is 6.08 Å². The summed E-state index contributed by atoms with van der Waals surface area (Å²) in [6.45, 7) is 1.74. The highest BCUT2D eigenvalue weighted by atomic mass is 19.1. The number of aromatic nitrogens is 2. The molecule has 0 radical (unpaired) electrons.